The third kappa shape index (κ3) is 2.52. The average molecular weight is 221 g/mol. The smallest absolute Gasteiger partial charge is 0.255 e. The van der Waals surface area contributed by atoms with Crippen LogP contribution < -0.4 is 10.1 Å². The Bertz CT molecular complexity index is 375. The van der Waals surface area contributed by atoms with E-state index in [2.05, 4.69) is 5.32 Å². The summed E-state index contributed by atoms with van der Waals surface area (Å²) in [5.74, 6) is 0.615. The first-order chi connectivity index (χ1) is 7.57. The second-order valence-electron chi connectivity index (χ2n) is 4.23. The lowest BCUT2D eigenvalue weighted by Crippen LogP contribution is -2.36. The highest BCUT2D eigenvalue weighted by Crippen LogP contribution is 2.18. The van der Waals surface area contributed by atoms with E-state index in [9.17, 15) is 4.79 Å². The highest BCUT2D eigenvalue weighted by atomic mass is 16.6. The van der Waals surface area contributed by atoms with E-state index >= 15 is 0 Å². The summed E-state index contributed by atoms with van der Waals surface area (Å²) >= 11 is 0. The minimum Gasteiger partial charge on any atom is -0.490 e. The Balaban J connectivity index is 1.90. The fourth-order valence-corrected chi connectivity index (χ4v) is 1.61. The molecule has 1 N–H and O–H groups in total. The highest BCUT2D eigenvalue weighted by molar-refractivity contribution is 5.83. The Morgan fingerprint density at radius 1 is 1.38 bits per heavy atom. The van der Waals surface area contributed by atoms with Gasteiger partial charge in [-0.05, 0) is 26.0 Å². The summed E-state index contributed by atoms with van der Waals surface area (Å²) in [6.45, 7) is 3.86. The lowest BCUT2D eigenvalue weighted by atomic mass is 10.3. The van der Waals surface area contributed by atoms with Crippen LogP contribution in [-0.4, -0.2) is 24.3 Å². The van der Waals surface area contributed by atoms with Gasteiger partial charge in [0, 0.05) is 0 Å². The van der Waals surface area contributed by atoms with Gasteiger partial charge in [0.1, 0.15) is 18.1 Å². The summed E-state index contributed by atoms with van der Waals surface area (Å²) in [5, 5.41) is 2.74. The molecule has 86 valence electrons. The van der Waals surface area contributed by atoms with Gasteiger partial charge in [-0.25, -0.2) is 0 Å². The molecule has 0 aliphatic carbocycles. The molecule has 1 aliphatic heterocycles. The van der Waals surface area contributed by atoms with Gasteiger partial charge in [0.25, 0.3) is 5.91 Å². The van der Waals surface area contributed by atoms with Gasteiger partial charge in [-0.1, -0.05) is 18.2 Å². The van der Waals surface area contributed by atoms with Crippen molar-refractivity contribution in [2.24, 2.45) is 0 Å². The first-order valence-corrected chi connectivity index (χ1v) is 5.24. The molecule has 4 heteroatoms. The van der Waals surface area contributed by atoms with Crippen LogP contribution in [0.5, 0.6) is 5.75 Å². The molecule has 1 saturated heterocycles. The Labute approximate surface area is 94.6 Å². The molecule has 16 heavy (non-hydrogen) atoms. The Morgan fingerprint density at radius 2 is 2.06 bits per heavy atom. The van der Waals surface area contributed by atoms with E-state index in [-0.39, 0.29) is 12.5 Å². The van der Waals surface area contributed by atoms with Gasteiger partial charge in [-0.3, -0.25) is 4.79 Å². The maximum Gasteiger partial charge on any atom is 0.255 e. The van der Waals surface area contributed by atoms with Crippen LogP contribution >= 0.6 is 0 Å². The van der Waals surface area contributed by atoms with Crippen LogP contribution in [-0.2, 0) is 9.53 Å². The predicted molar refractivity (Wildman–Crippen MR) is 59.0 cm³/mol. The number of hydrogen-bond donors (Lipinski definition) is 1. The van der Waals surface area contributed by atoms with Crippen LogP contribution in [0.25, 0.3) is 0 Å². The number of para-hydroxylation sites is 1. The number of nitrogens with one attached hydrogen (secondary N) is 1. The fourth-order valence-electron chi connectivity index (χ4n) is 1.61. The maximum atomic E-state index is 11.5. The van der Waals surface area contributed by atoms with Crippen molar-refractivity contribution >= 4 is 5.91 Å². The number of ether oxygens (including phenoxy) is 2. The van der Waals surface area contributed by atoms with Crippen molar-refractivity contribution in [3.8, 4) is 5.75 Å². The Morgan fingerprint density at radius 3 is 2.62 bits per heavy atom. The number of carbonyl (C=O) groups excluding carboxylic acids is 1. The van der Waals surface area contributed by atoms with Crippen LogP contribution in [0.2, 0.25) is 0 Å². The molecular formula is C12H15NO3. The number of carbonyl (C=O) groups is 1. The van der Waals surface area contributed by atoms with Crippen molar-refractivity contribution < 1.29 is 14.3 Å². The summed E-state index contributed by atoms with van der Waals surface area (Å²) in [6, 6.07) is 9.37. The first-order valence-electron chi connectivity index (χ1n) is 5.24. The van der Waals surface area contributed by atoms with Gasteiger partial charge in [-0.15, -0.1) is 0 Å². The number of rotatable bonds is 3. The van der Waals surface area contributed by atoms with Crippen molar-refractivity contribution in [2.75, 3.05) is 6.61 Å². The summed E-state index contributed by atoms with van der Waals surface area (Å²) in [5.41, 5.74) is -0.595. The zero-order valence-electron chi connectivity index (χ0n) is 9.40. The molecule has 0 saturated carbocycles. The van der Waals surface area contributed by atoms with Crippen LogP contribution in [0.4, 0.5) is 0 Å². The van der Waals surface area contributed by atoms with E-state index in [0.717, 1.165) is 5.75 Å². The quantitative estimate of drug-likeness (QED) is 0.837. The van der Waals surface area contributed by atoms with E-state index in [1.54, 1.807) is 0 Å². The molecule has 1 aromatic rings. The van der Waals surface area contributed by atoms with Crippen molar-refractivity contribution in [3.05, 3.63) is 30.3 Å². The van der Waals surface area contributed by atoms with Gasteiger partial charge in [0.05, 0.1) is 0 Å². The summed E-state index contributed by atoms with van der Waals surface area (Å²) in [7, 11) is 0. The molecule has 1 unspecified atom stereocenters. The monoisotopic (exact) mass is 221 g/mol. The van der Waals surface area contributed by atoms with E-state index < -0.39 is 11.8 Å². The van der Waals surface area contributed by atoms with E-state index in [0.29, 0.717) is 0 Å². The molecule has 1 atom stereocenters. The third-order valence-corrected chi connectivity index (χ3v) is 2.30. The second kappa shape index (κ2) is 4.14. The second-order valence-corrected chi connectivity index (χ2v) is 4.23. The Kier molecular flexibility index (Phi) is 2.83. The molecule has 1 aliphatic rings. The SMILES string of the molecule is CC1(C)NC(=O)C(COc2ccccc2)O1. The molecule has 2 rings (SSSR count). The number of benzene rings is 1. The molecule has 0 radical (unpaired) electrons. The lowest BCUT2D eigenvalue weighted by molar-refractivity contribution is -0.125. The highest BCUT2D eigenvalue weighted by Gasteiger charge is 2.38. The molecule has 1 aromatic carbocycles. The molecular weight excluding hydrogens is 206 g/mol. The maximum absolute atomic E-state index is 11.5. The van der Waals surface area contributed by atoms with Crippen LogP contribution in [0.1, 0.15) is 13.8 Å². The summed E-state index contributed by atoms with van der Waals surface area (Å²) in [4.78, 5) is 11.5. The van der Waals surface area contributed by atoms with E-state index in [1.165, 1.54) is 0 Å². The van der Waals surface area contributed by atoms with Crippen LogP contribution in [0.15, 0.2) is 30.3 Å². The largest absolute Gasteiger partial charge is 0.490 e. The molecule has 4 nitrogen and oxygen atoms in total. The van der Waals surface area contributed by atoms with E-state index in [4.69, 9.17) is 9.47 Å². The predicted octanol–water partition coefficient (Wildman–Crippen LogP) is 1.32. The van der Waals surface area contributed by atoms with Gasteiger partial charge >= 0.3 is 0 Å². The zero-order valence-corrected chi connectivity index (χ0v) is 9.40. The first kappa shape index (κ1) is 11.0. The molecule has 1 amide bonds. The summed E-state index contributed by atoms with van der Waals surface area (Å²) < 4.78 is 11.0. The molecule has 0 aromatic heterocycles. The zero-order chi connectivity index (χ0) is 11.6. The van der Waals surface area contributed by atoms with Gasteiger partial charge < -0.3 is 14.8 Å². The molecule has 1 fully saturated rings. The third-order valence-electron chi connectivity index (χ3n) is 2.30. The molecule has 0 spiro atoms. The van der Waals surface area contributed by atoms with Crippen LogP contribution in [0.3, 0.4) is 0 Å². The minimum absolute atomic E-state index is 0.124. The van der Waals surface area contributed by atoms with Gasteiger partial charge in [0.2, 0.25) is 0 Å². The number of amides is 1. The lowest BCUT2D eigenvalue weighted by Gasteiger charge is -2.17. The summed E-state index contributed by atoms with van der Waals surface area (Å²) in [6.07, 6.45) is -0.532. The molecule has 1 heterocycles. The van der Waals surface area contributed by atoms with E-state index in [1.807, 2.05) is 44.2 Å². The van der Waals surface area contributed by atoms with Crippen molar-refractivity contribution in [1.82, 2.24) is 5.32 Å². The standard InChI is InChI=1S/C12H15NO3/c1-12(2)13-11(14)10(16-12)8-15-9-6-4-3-5-7-9/h3-7,10H,8H2,1-2H3,(H,13,14). The van der Waals surface area contributed by atoms with Gasteiger partial charge in [0.15, 0.2) is 6.10 Å². The fraction of sp³-hybridized carbons (Fsp3) is 0.417. The normalized spacial score (nSPS) is 22.9. The average Bonchev–Trinajstić information content (AvgIpc) is 2.50. The Hall–Kier alpha value is -1.55. The minimum atomic E-state index is -0.595. The number of hydrogen-bond acceptors (Lipinski definition) is 3. The van der Waals surface area contributed by atoms with Crippen LogP contribution in [0, 0.1) is 0 Å². The van der Waals surface area contributed by atoms with Crippen molar-refractivity contribution in [1.29, 1.82) is 0 Å². The van der Waals surface area contributed by atoms with Crippen molar-refractivity contribution in [3.63, 3.8) is 0 Å². The van der Waals surface area contributed by atoms with Crippen molar-refractivity contribution in [2.45, 2.75) is 25.7 Å². The topological polar surface area (TPSA) is 47.6 Å². The molecule has 0 bridgehead atoms. The van der Waals surface area contributed by atoms with Gasteiger partial charge in [-0.2, -0.15) is 0 Å².